The van der Waals surface area contributed by atoms with Crippen molar-refractivity contribution in [2.75, 3.05) is 7.11 Å². The van der Waals surface area contributed by atoms with Crippen LogP contribution >= 0.6 is 0 Å². The Morgan fingerprint density at radius 1 is 1.33 bits per heavy atom. The summed E-state index contributed by atoms with van der Waals surface area (Å²) in [5, 5.41) is 9.98. The van der Waals surface area contributed by atoms with Crippen LogP contribution in [0.5, 0.6) is 5.75 Å². The summed E-state index contributed by atoms with van der Waals surface area (Å²) in [4.78, 5) is 0. The van der Waals surface area contributed by atoms with Crippen LogP contribution in [0.15, 0.2) is 36.9 Å². The highest BCUT2D eigenvalue weighted by molar-refractivity contribution is 5.26. The minimum absolute atomic E-state index is 0.325. The average Bonchev–Trinajstić information content (AvgIpc) is 2.36. The summed E-state index contributed by atoms with van der Waals surface area (Å²) in [7, 11) is 1.63. The molecule has 1 aromatic carbocycles. The van der Waals surface area contributed by atoms with E-state index in [1.807, 2.05) is 38.1 Å². The van der Waals surface area contributed by atoms with Gasteiger partial charge in [0.1, 0.15) is 5.75 Å². The molecule has 1 rings (SSSR count). The van der Waals surface area contributed by atoms with Crippen molar-refractivity contribution in [2.45, 2.75) is 33.2 Å². The number of methoxy groups -OCH3 is 1. The fourth-order valence-corrected chi connectivity index (χ4v) is 1.60. The maximum atomic E-state index is 9.98. The van der Waals surface area contributed by atoms with E-state index in [0.29, 0.717) is 13.0 Å². The number of rotatable bonds is 7. The molecule has 0 aromatic heterocycles. The Labute approximate surface area is 109 Å². The van der Waals surface area contributed by atoms with E-state index < -0.39 is 6.29 Å². The molecule has 0 aliphatic heterocycles. The third-order valence-electron chi connectivity index (χ3n) is 2.91. The zero-order valence-corrected chi connectivity index (χ0v) is 11.3. The molecule has 1 aromatic rings. The largest absolute Gasteiger partial charge is 0.497 e. The summed E-state index contributed by atoms with van der Waals surface area (Å²) in [5.74, 6) is 0.811. The van der Waals surface area contributed by atoms with Crippen molar-refractivity contribution >= 4 is 0 Å². The molecule has 0 radical (unpaired) electrons. The molecule has 0 unspecified atom stereocenters. The van der Waals surface area contributed by atoms with Gasteiger partial charge in [0, 0.05) is 5.41 Å². The van der Waals surface area contributed by atoms with E-state index in [2.05, 4.69) is 6.58 Å². The fraction of sp³-hybridized carbons (Fsp3) is 0.467. The molecular weight excluding hydrogens is 228 g/mol. The molecule has 1 N–H and O–H groups in total. The van der Waals surface area contributed by atoms with Gasteiger partial charge in [-0.25, -0.2) is 0 Å². The van der Waals surface area contributed by atoms with Crippen LogP contribution in [0.1, 0.15) is 25.8 Å². The molecule has 3 nitrogen and oxygen atoms in total. The van der Waals surface area contributed by atoms with Gasteiger partial charge in [0.05, 0.1) is 13.7 Å². The topological polar surface area (TPSA) is 38.7 Å². The zero-order valence-electron chi connectivity index (χ0n) is 11.3. The number of aliphatic hydroxyl groups is 1. The van der Waals surface area contributed by atoms with Crippen molar-refractivity contribution in [3.63, 3.8) is 0 Å². The molecule has 1 atom stereocenters. The third-order valence-corrected chi connectivity index (χ3v) is 2.91. The van der Waals surface area contributed by atoms with Crippen LogP contribution in [-0.2, 0) is 11.3 Å². The lowest BCUT2D eigenvalue weighted by atomic mass is 9.88. The van der Waals surface area contributed by atoms with E-state index >= 15 is 0 Å². The van der Waals surface area contributed by atoms with Crippen molar-refractivity contribution < 1.29 is 14.6 Å². The smallest absolute Gasteiger partial charge is 0.160 e. The second kappa shape index (κ2) is 6.57. The highest BCUT2D eigenvalue weighted by Crippen LogP contribution is 2.27. The molecule has 0 aliphatic carbocycles. The van der Waals surface area contributed by atoms with E-state index in [-0.39, 0.29) is 5.41 Å². The van der Waals surface area contributed by atoms with E-state index in [0.717, 1.165) is 11.3 Å². The highest BCUT2D eigenvalue weighted by atomic mass is 16.6. The Kier molecular flexibility index (Phi) is 5.38. The van der Waals surface area contributed by atoms with Crippen LogP contribution < -0.4 is 4.74 Å². The summed E-state index contributed by atoms with van der Waals surface area (Å²) < 4.78 is 10.6. The van der Waals surface area contributed by atoms with E-state index in [1.165, 1.54) is 0 Å². The number of allylic oxidation sites excluding steroid dienone is 1. The molecule has 0 fully saturated rings. The van der Waals surface area contributed by atoms with Gasteiger partial charge in [-0.15, -0.1) is 6.58 Å². The van der Waals surface area contributed by atoms with E-state index in [4.69, 9.17) is 9.47 Å². The Morgan fingerprint density at radius 3 is 2.44 bits per heavy atom. The lowest BCUT2D eigenvalue weighted by molar-refractivity contribution is -0.170. The Bertz CT molecular complexity index is 368. The molecule has 0 spiro atoms. The average molecular weight is 250 g/mol. The zero-order chi connectivity index (χ0) is 13.6. The highest BCUT2D eigenvalue weighted by Gasteiger charge is 2.27. The summed E-state index contributed by atoms with van der Waals surface area (Å²) in [6, 6.07) is 7.60. The maximum absolute atomic E-state index is 9.98. The fourth-order valence-electron chi connectivity index (χ4n) is 1.60. The Hall–Kier alpha value is -1.32. The van der Waals surface area contributed by atoms with Gasteiger partial charge in [0.2, 0.25) is 0 Å². The molecule has 0 heterocycles. The molecule has 100 valence electrons. The SMILES string of the molecule is C=CCC(C)(C)[C@@H](O)OCc1ccc(OC)cc1. The number of benzene rings is 1. The maximum Gasteiger partial charge on any atom is 0.160 e. The lowest BCUT2D eigenvalue weighted by Crippen LogP contribution is -2.31. The predicted molar refractivity (Wildman–Crippen MR) is 72.4 cm³/mol. The van der Waals surface area contributed by atoms with Gasteiger partial charge in [0.15, 0.2) is 6.29 Å². The van der Waals surface area contributed by atoms with Crippen LogP contribution in [-0.4, -0.2) is 18.5 Å². The number of ether oxygens (including phenoxy) is 2. The van der Waals surface area contributed by atoms with Crippen LogP contribution in [0.3, 0.4) is 0 Å². The van der Waals surface area contributed by atoms with Crippen molar-refractivity contribution in [1.82, 2.24) is 0 Å². The van der Waals surface area contributed by atoms with E-state index in [1.54, 1.807) is 13.2 Å². The first-order valence-electron chi connectivity index (χ1n) is 6.03. The third kappa shape index (κ3) is 4.17. The van der Waals surface area contributed by atoms with Gasteiger partial charge in [-0.2, -0.15) is 0 Å². The predicted octanol–water partition coefficient (Wildman–Crippen LogP) is 3.13. The first-order chi connectivity index (χ1) is 8.49. The molecule has 3 heteroatoms. The molecule has 0 aliphatic rings. The van der Waals surface area contributed by atoms with Crippen LogP contribution in [0, 0.1) is 5.41 Å². The van der Waals surface area contributed by atoms with Gasteiger partial charge in [0.25, 0.3) is 0 Å². The summed E-state index contributed by atoms with van der Waals surface area (Å²) in [6.07, 6.45) is 1.69. The minimum Gasteiger partial charge on any atom is -0.497 e. The number of hydrogen-bond donors (Lipinski definition) is 1. The molecular formula is C15H22O3. The first kappa shape index (κ1) is 14.7. The van der Waals surface area contributed by atoms with Crippen molar-refractivity contribution in [2.24, 2.45) is 5.41 Å². The van der Waals surface area contributed by atoms with Gasteiger partial charge < -0.3 is 14.6 Å². The molecule has 0 saturated carbocycles. The molecule has 0 saturated heterocycles. The van der Waals surface area contributed by atoms with Crippen molar-refractivity contribution in [1.29, 1.82) is 0 Å². The standard InChI is InChI=1S/C15H22O3/c1-5-10-15(2,3)14(16)18-11-12-6-8-13(17-4)9-7-12/h5-9,14,16H,1,10-11H2,2-4H3/t14-/m0/s1. The van der Waals surface area contributed by atoms with Crippen LogP contribution in [0.4, 0.5) is 0 Å². The van der Waals surface area contributed by atoms with Gasteiger partial charge >= 0.3 is 0 Å². The van der Waals surface area contributed by atoms with E-state index in [9.17, 15) is 5.11 Å². The Morgan fingerprint density at radius 2 is 1.94 bits per heavy atom. The normalized spacial score (nSPS) is 13.1. The lowest BCUT2D eigenvalue weighted by Gasteiger charge is -2.29. The second-order valence-electron chi connectivity index (χ2n) is 4.99. The molecule has 0 bridgehead atoms. The number of hydrogen-bond acceptors (Lipinski definition) is 3. The minimum atomic E-state index is -0.808. The van der Waals surface area contributed by atoms with Crippen molar-refractivity contribution in [3.05, 3.63) is 42.5 Å². The van der Waals surface area contributed by atoms with Gasteiger partial charge in [-0.3, -0.25) is 0 Å². The monoisotopic (exact) mass is 250 g/mol. The van der Waals surface area contributed by atoms with Gasteiger partial charge in [-0.1, -0.05) is 32.1 Å². The van der Waals surface area contributed by atoms with Crippen LogP contribution in [0.25, 0.3) is 0 Å². The van der Waals surface area contributed by atoms with Crippen molar-refractivity contribution in [3.8, 4) is 5.75 Å². The number of aliphatic hydroxyl groups excluding tert-OH is 1. The molecule has 18 heavy (non-hydrogen) atoms. The summed E-state index contributed by atoms with van der Waals surface area (Å²) >= 11 is 0. The second-order valence-corrected chi connectivity index (χ2v) is 4.99. The summed E-state index contributed by atoms with van der Waals surface area (Å²) in [5.41, 5.74) is 0.679. The quantitative estimate of drug-likeness (QED) is 0.597. The van der Waals surface area contributed by atoms with Crippen LogP contribution in [0.2, 0.25) is 0 Å². The Balaban J connectivity index is 2.51. The molecule has 0 amide bonds. The van der Waals surface area contributed by atoms with Gasteiger partial charge in [-0.05, 0) is 24.1 Å². The summed E-state index contributed by atoms with van der Waals surface area (Å²) in [6.45, 7) is 7.97. The first-order valence-corrected chi connectivity index (χ1v) is 6.03.